The maximum Gasteiger partial charge on any atom is 0.253 e. The highest BCUT2D eigenvalue weighted by Crippen LogP contribution is 2.27. The van der Waals surface area contributed by atoms with Crippen molar-refractivity contribution in [1.82, 2.24) is 9.80 Å². The van der Waals surface area contributed by atoms with Gasteiger partial charge in [0.15, 0.2) is 0 Å². The predicted molar refractivity (Wildman–Crippen MR) is 108 cm³/mol. The molecule has 0 radical (unpaired) electrons. The number of hydrogen-bond donors (Lipinski definition) is 0. The molecule has 27 heavy (non-hydrogen) atoms. The second-order valence-corrected chi connectivity index (χ2v) is 7.81. The van der Waals surface area contributed by atoms with Crippen LogP contribution in [0, 0.1) is 0 Å². The van der Waals surface area contributed by atoms with Crippen molar-refractivity contribution < 1.29 is 14.3 Å². The van der Waals surface area contributed by atoms with Crippen LogP contribution in [0.4, 0.5) is 0 Å². The van der Waals surface area contributed by atoms with Crippen molar-refractivity contribution in [3.8, 4) is 11.5 Å². The van der Waals surface area contributed by atoms with E-state index in [-0.39, 0.29) is 5.91 Å². The van der Waals surface area contributed by atoms with Gasteiger partial charge >= 0.3 is 0 Å². The molecule has 0 aromatic heterocycles. The van der Waals surface area contributed by atoms with Gasteiger partial charge in [-0.1, -0.05) is 12.1 Å². The summed E-state index contributed by atoms with van der Waals surface area (Å²) in [6, 6.07) is 12.0. The van der Waals surface area contributed by atoms with Crippen LogP contribution < -0.4 is 9.47 Å². The summed E-state index contributed by atoms with van der Waals surface area (Å²) in [5, 5.41) is 0. The second-order valence-electron chi connectivity index (χ2n) is 6.96. The molecule has 2 aromatic carbocycles. The Kier molecular flexibility index (Phi) is 5.36. The highest BCUT2D eigenvalue weighted by atomic mass is 79.9. The molecule has 6 heteroatoms. The minimum absolute atomic E-state index is 0.0766. The summed E-state index contributed by atoms with van der Waals surface area (Å²) < 4.78 is 11.6. The van der Waals surface area contributed by atoms with Crippen LogP contribution in [-0.4, -0.2) is 55.6 Å². The lowest BCUT2D eigenvalue weighted by molar-refractivity contribution is 0.0628. The van der Waals surface area contributed by atoms with E-state index in [1.807, 2.05) is 23.1 Å². The summed E-state index contributed by atoms with van der Waals surface area (Å²) in [5.74, 6) is 1.84. The summed E-state index contributed by atoms with van der Waals surface area (Å²) in [6.45, 7) is 4.98. The monoisotopic (exact) mass is 430 g/mol. The molecular formula is C21H23BrN2O3. The van der Waals surface area contributed by atoms with Crippen molar-refractivity contribution >= 4 is 21.8 Å². The zero-order valence-corrected chi connectivity index (χ0v) is 17.0. The lowest BCUT2D eigenvalue weighted by atomic mass is 10.1. The molecule has 2 aliphatic heterocycles. The first-order valence-corrected chi connectivity index (χ1v) is 10.0. The minimum Gasteiger partial charge on any atom is -0.496 e. The number of piperazine rings is 1. The van der Waals surface area contributed by atoms with Crippen LogP contribution in [0.5, 0.6) is 11.5 Å². The average molecular weight is 431 g/mol. The van der Waals surface area contributed by atoms with Gasteiger partial charge in [-0.3, -0.25) is 9.69 Å². The van der Waals surface area contributed by atoms with E-state index in [0.717, 1.165) is 61.7 Å². The normalized spacial score (nSPS) is 16.7. The Labute approximate surface area is 168 Å². The van der Waals surface area contributed by atoms with Crippen LogP contribution in [0.25, 0.3) is 0 Å². The number of halogens is 1. The molecule has 0 N–H and O–H groups in total. The van der Waals surface area contributed by atoms with E-state index < -0.39 is 0 Å². The van der Waals surface area contributed by atoms with Gasteiger partial charge in [0, 0.05) is 44.7 Å². The van der Waals surface area contributed by atoms with E-state index in [4.69, 9.17) is 9.47 Å². The first kappa shape index (κ1) is 18.3. The Balaban J connectivity index is 1.34. The van der Waals surface area contributed by atoms with Crippen LogP contribution in [0.2, 0.25) is 0 Å². The van der Waals surface area contributed by atoms with Crippen molar-refractivity contribution in [2.75, 3.05) is 39.9 Å². The van der Waals surface area contributed by atoms with Gasteiger partial charge in [-0.2, -0.15) is 0 Å². The number of rotatable bonds is 4. The summed E-state index contributed by atoms with van der Waals surface area (Å²) in [5.41, 5.74) is 3.32. The molecule has 1 fully saturated rings. The standard InChI is InChI=1S/C21H23BrN2O3/c1-26-20-5-3-17(13-18(20)22)21(25)24-9-7-23(8-10-24)14-15-2-4-19-16(12-15)6-11-27-19/h2-5,12-13H,6-11,14H2,1H3. The Morgan fingerprint density at radius 1 is 1.15 bits per heavy atom. The van der Waals surface area contributed by atoms with Gasteiger partial charge in [0.2, 0.25) is 0 Å². The second kappa shape index (κ2) is 7.90. The number of amides is 1. The van der Waals surface area contributed by atoms with E-state index >= 15 is 0 Å². The minimum atomic E-state index is 0.0766. The molecule has 0 bridgehead atoms. The Hall–Kier alpha value is -2.05. The first-order chi connectivity index (χ1) is 13.1. The molecule has 0 unspecified atom stereocenters. The van der Waals surface area contributed by atoms with Crippen LogP contribution in [0.1, 0.15) is 21.5 Å². The summed E-state index contributed by atoms with van der Waals surface area (Å²) >= 11 is 3.45. The zero-order valence-electron chi connectivity index (χ0n) is 15.4. The molecule has 5 nitrogen and oxygen atoms in total. The number of methoxy groups -OCH3 is 1. The lowest BCUT2D eigenvalue weighted by Crippen LogP contribution is -2.48. The SMILES string of the molecule is COc1ccc(C(=O)N2CCN(Cc3ccc4c(c3)CCO4)CC2)cc1Br. The number of fused-ring (bicyclic) bond motifs is 1. The molecular weight excluding hydrogens is 408 g/mol. The number of carbonyl (C=O) groups is 1. The molecule has 142 valence electrons. The molecule has 4 rings (SSSR count). The van der Waals surface area contributed by atoms with Crippen molar-refractivity contribution in [1.29, 1.82) is 0 Å². The number of carbonyl (C=O) groups excluding carboxylic acids is 1. The van der Waals surface area contributed by atoms with E-state index in [2.05, 4.69) is 39.0 Å². The summed E-state index contributed by atoms with van der Waals surface area (Å²) in [6.07, 6.45) is 1.00. The van der Waals surface area contributed by atoms with Crippen molar-refractivity contribution in [3.05, 3.63) is 57.6 Å². The van der Waals surface area contributed by atoms with Gasteiger partial charge in [-0.05, 0) is 51.3 Å². The molecule has 0 aliphatic carbocycles. The summed E-state index contributed by atoms with van der Waals surface area (Å²) in [4.78, 5) is 17.1. The van der Waals surface area contributed by atoms with Gasteiger partial charge < -0.3 is 14.4 Å². The van der Waals surface area contributed by atoms with Crippen molar-refractivity contribution in [2.45, 2.75) is 13.0 Å². The third-order valence-electron chi connectivity index (χ3n) is 5.22. The Morgan fingerprint density at radius 3 is 2.70 bits per heavy atom. The third kappa shape index (κ3) is 3.96. The fourth-order valence-electron chi connectivity index (χ4n) is 3.69. The van der Waals surface area contributed by atoms with Gasteiger partial charge in [-0.25, -0.2) is 0 Å². The van der Waals surface area contributed by atoms with Crippen LogP contribution in [-0.2, 0) is 13.0 Å². The molecule has 2 aromatic rings. The van der Waals surface area contributed by atoms with Crippen molar-refractivity contribution in [2.24, 2.45) is 0 Å². The highest BCUT2D eigenvalue weighted by molar-refractivity contribution is 9.10. The van der Waals surface area contributed by atoms with E-state index in [0.29, 0.717) is 5.56 Å². The lowest BCUT2D eigenvalue weighted by Gasteiger charge is -2.35. The first-order valence-electron chi connectivity index (χ1n) is 9.24. The fraction of sp³-hybridized carbons (Fsp3) is 0.381. The van der Waals surface area contributed by atoms with Gasteiger partial charge in [0.25, 0.3) is 5.91 Å². The molecule has 0 spiro atoms. The van der Waals surface area contributed by atoms with Crippen LogP contribution in [0.3, 0.4) is 0 Å². The maximum atomic E-state index is 12.8. The Bertz CT molecular complexity index is 847. The van der Waals surface area contributed by atoms with Crippen LogP contribution in [0.15, 0.2) is 40.9 Å². The largest absolute Gasteiger partial charge is 0.496 e. The smallest absolute Gasteiger partial charge is 0.253 e. The van der Waals surface area contributed by atoms with Gasteiger partial charge in [-0.15, -0.1) is 0 Å². The van der Waals surface area contributed by atoms with E-state index in [9.17, 15) is 4.79 Å². The average Bonchev–Trinajstić information content (AvgIpc) is 3.16. The molecule has 1 saturated heterocycles. The van der Waals surface area contributed by atoms with Gasteiger partial charge in [0.05, 0.1) is 18.2 Å². The molecule has 0 atom stereocenters. The number of hydrogen-bond acceptors (Lipinski definition) is 4. The topological polar surface area (TPSA) is 42.0 Å². The maximum absolute atomic E-state index is 12.8. The van der Waals surface area contributed by atoms with Crippen molar-refractivity contribution in [3.63, 3.8) is 0 Å². The highest BCUT2D eigenvalue weighted by Gasteiger charge is 2.23. The summed E-state index contributed by atoms with van der Waals surface area (Å²) in [7, 11) is 1.62. The number of nitrogens with zero attached hydrogens (tertiary/aromatic N) is 2. The third-order valence-corrected chi connectivity index (χ3v) is 5.84. The molecule has 2 aliphatic rings. The van der Waals surface area contributed by atoms with E-state index in [1.165, 1.54) is 11.1 Å². The fourth-order valence-corrected chi connectivity index (χ4v) is 4.23. The van der Waals surface area contributed by atoms with Crippen LogP contribution >= 0.6 is 15.9 Å². The molecule has 0 saturated carbocycles. The quantitative estimate of drug-likeness (QED) is 0.745. The molecule has 2 heterocycles. The Morgan fingerprint density at radius 2 is 1.96 bits per heavy atom. The van der Waals surface area contributed by atoms with Gasteiger partial charge in [0.1, 0.15) is 11.5 Å². The predicted octanol–water partition coefficient (Wildman–Crippen LogP) is 3.35. The number of ether oxygens (including phenoxy) is 2. The van der Waals surface area contributed by atoms with E-state index in [1.54, 1.807) is 7.11 Å². The molecule has 1 amide bonds. The number of benzene rings is 2. The zero-order chi connectivity index (χ0) is 18.8.